The molecule has 0 atom stereocenters. The zero-order valence-corrected chi connectivity index (χ0v) is 22.5. The number of anilines is 5. The highest BCUT2D eigenvalue weighted by atomic mass is 35.5. The van der Waals surface area contributed by atoms with Gasteiger partial charge in [0.15, 0.2) is 0 Å². The van der Waals surface area contributed by atoms with Crippen LogP contribution in [-0.4, -0.2) is 42.2 Å². The molecule has 4 rings (SSSR count). The van der Waals surface area contributed by atoms with Crippen LogP contribution in [0.25, 0.3) is 0 Å². The van der Waals surface area contributed by atoms with Gasteiger partial charge in [0.1, 0.15) is 39.5 Å². The van der Waals surface area contributed by atoms with Crippen LogP contribution in [-0.2, 0) is 4.79 Å². The van der Waals surface area contributed by atoms with Gasteiger partial charge in [-0.1, -0.05) is 41.9 Å². The maximum atomic E-state index is 13.5. The molecule has 0 saturated heterocycles. The van der Waals surface area contributed by atoms with E-state index in [2.05, 4.69) is 32.5 Å². The van der Waals surface area contributed by atoms with Crippen LogP contribution in [0.2, 0.25) is 10.0 Å². The van der Waals surface area contributed by atoms with E-state index in [0.29, 0.717) is 34.5 Å². The highest BCUT2D eigenvalue weighted by Gasteiger charge is 2.36. The van der Waals surface area contributed by atoms with Crippen LogP contribution >= 0.6 is 23.2 Å². The fourth-order valence-corrected chi connectivity index (χ4v) is 4.34. The van der Waals surface area contributed by atoms with Gasteiger partial charge in [0.2, 0.25) is 5.91 Å². The lowest BCUT2D eigenvalue weighted by Gasteiger charge is -2.24. The van der Waals surface area contributed by atoms with Crippen LogP contribution in [0.3, 0.4) is 0 Å². The van der Waals surface area contributed by atoms with Crippen LogP contribution in [0.15, 0.2) is 49.3 Å². The molecule has 1 fully saturated rings. The van der Waals surface area contributed by atoms with E-state index in [-0.39, 0.29) is 27.7 Å². The molecule has 3 amide bonds. The summed E-state index contributed by atoms with van der Waals surface area (Å²) in [6.45, 7) is 5.39. The number of halogens is 2. The largest absolute Gasteiger partial charge is 0.495 e. The van der Waals surface area contributed by atoms with Crippen molar-refractivity contribution in [3.63, 3.8) is 0 Å². The Bertz CT molecular complexity index is 1370. The second-order valence-electron chi connectivity index (χ2n) is 8.39. The van der Waals surface area contributed by atoms with Crippen molar-refractivity contribution in [3.05, 3.63) is 64.9 Å². The van der Waals surface area contributed by atoms with Crippen LogP contribution in [0, 0.1) is 6.92 Å². The predicted molar refractivity (Wildman–Crippen MR) is 149 cm³/mol. The molecule has 0 aliphatic heterocycles. The number of rotatable bonds is 9. The van der Waals surface area contributed by atoms with Crippen LogP contribution in [0.5, 0.6) is 11.5 Å². The van der Waals surface area contributed by atoms with Gasteiger partial charge in [0, 0.05) is 18.2 Å². The minimum absolute atomic E-state index is 0.0660. The van der Waals surface area contributed by atoms with E-state index in [9.17, 15) is 9.59 Å². The van der Waals surface area contributed by atoms with E-state index in [1.807, 2.05) is 19.1 Å². The van der Waals surface area contributed by atoms with Crippen molar-refractivity contribution in [2.24, 2.45) is 0 Å². The van der Waals surface area contributed by atoms with E-state index >= 15 is 0 Å². The fraction of sp³-hybridized carbons (Fsp3) is 0.231. The highest BCUT2D eigenvalue weighted by molar-refractivity contribution is 6.41. The summed E-state index contributed by atoms with van der Waals surface area (Å²) in [6, 6.07) is 8.13. The minimum atomic E-state index is -0.480. The Kier molecular flexibility index (Phi) is 8.23. The van der Waals surface area contributed by atoms with Crippen molar-refractivity contribution in [2.45, 2.75) is 25.8 Å². The third-order valence-electron chi connectivity index (χ3n) is 5.81. The summed E-state index contributed by atoms with van der Waals surface area (Å²) in [6.07, 6.45) is 4.16. The number of aromatic nitrogens is 2. The Morgan fingerprint density at radius 3 is 2.34 bits per heavy atom. The molecule has 0 radical (unpaired) electrons. The first-order chi connectivity index (χ1) is 18.3. The number of nitrogens with one attached hydrogen (secondary N) is 3. The van der Waals surface area contributed by atoms with E-state index in [0.717, 1.165) is 18.4 Å². The Hall–Kier alpha value is -4.02. The number of amides is 3. The first kappa shape index (κ1) is 27.0. The normalized spacial score (nSPS) is 12.3. The number of aryl methyl sites for hydroxylation is 1. The number of urea groups is 1. The van der Waals surface area contributed by atoms with Crippen molar-refractivity contribution in [1.82, 2.24) is 9.97 Å². The number of methoxy groups -OCH3 is 2. The van der Waals surface area contributed by atoms with Gasteiger partial charge in [-0.2, -0.15) is 0 Å². The summed E-state index contributed by atoms with van der Waals surface area (Å²) >= 11 is 12.9. The molecule has 12 heteroatoms. The lowest BCUT2D eigenvalue weighted by molar-refractivity contribution is -0.111. The molecule has 0 bridgehead atoms. The van der Waals surface area contributed by atoms with Crippen molar-refractivity contribution in [3.8, 4) is 11.5 Å². The van der Waals surface area contributed by atoms with Gasteiger partial charge in [0.25, 0.3) is 0 Å². The third-order valence-corrected chi connectivity index (χ3v) is 6.56. The van der Waals surface area contributed by atoms with E-state index in [1.165, 1.54) is 31.5 Å². The van der Waals surface area contributed by atoms with Crippen molar-refractivity contribution in [1.29, 1.82) is 0 Å². The smallest absolute Gasteiger partial charge is 0.327 e. The summed E-state index contributed by atoms with van der Waals surface area (Å²) in [5.41, 5.74) is 2.25. The Balaban J connectivity index is 1.64. The van der Waals surface area contributed by atoms with Gasteiger partial charge in [-0.25, -0.2) is 14.8 Å². The molecule has 1 heterocycles. The van der Waals surface area contributed by atoms with Crippen LogP contribution < -0.4 is 30.3 Å². The predicted octanol–water partition coefficient (Wildman–Crippen LogP) is 6.18. The number of hydrogen-bond acceptors (Lipinski definition) is 7. The second-order valence-corrected chi connectivity index (χ2v) is 9.15. The quantitative estimate of drug-likeness (QED) is 0.269. The Morgan fingerprint density at radius 1 is 1.05 bits per heavy atom. The molecule has 1 aliphatic carbocycles. The Labute approximate surface area is 230 Å². The maximum absolute atomic E-state index is 13.5. The minimum Gasteiger partial charge on any atom is -0.495 e. The van der Waals surface area contributed by atoms with E-state index < -0.39 is 6.03 Å². The molecule has 38 heavy (non-hydrogen) atoms. The molecule has 1 aliphatic rings. The molecule has 0 spiro atoms. The SMILES string of the molecule is C=CC(=O)Nc1cccc(C)c1Nc1cc(N(C(=O)Nc2c(Cl)c(OC)cc(OC)c2Cl)C2CC2)ncn1. The first-order valence-electron chi connectivity index (χ1n) is 11.6. The number of ether oxygens (including phenoxy) is 2. The fourth-order valence-electron chi connectivity index (χ4n) is 3.75. The molecule has 3 N–H and O–H groups in total. The second kappa shape index (κ2) is 11.6. The van der Waals surface area contributed by atoms with Gasteiger partial charge in [-0.05, 0) is 37.5 Å². The molecule has 1 saturated carbocycles. The van der Waals surface area contributed by atoms with Crippen molar-refractivity contribution >= 4 is 63.8 Å². The molecule has 0 unspecified atom stereocenters. The summed E-state index contributed by atoms with van der Waals surface area (Å²) < 4.78 is 10.6. The number of nitrogens with zero attached hydrogens (tertiary/aromatic N) is 3. The van der Waals surface area contributed by atoms with Gasteiger partial charge < -0.3 is 25.4 Å². The summed E-state index contributed by atoms with van der Waals surface area (Å²) in [5, 5.41) is 9.08. The van der Waals surface area contributed by atoms with Crippen LogP contribution in [0.4, 0.5) is 33.5 Å². The number of hydrogen-bond donors (Lipinski definition) is 3. The average molecular weight is 557 g/mol. The lowest BCUT2D eigenvalue weighted by Crippen LogP contribution is -2.37. The lowest BCUT2D eigenvalue weighted by atomic mass is 10.1. The molecule has 2 aromatic carbocycles. The highest BCUT2D eigenvalue weighted by Crippen LogP contribution is 2.44. The zero-order chi connectivity index (χ0) is 27.4. The zero-order valence-electron chi connectivity index (χ0n) is 21.0. The standard InChI is InChI=1S/C26H26Cl2N6O4/c1-5-21(35)31-16-8-6-7-14(2)24(16)32-19-12-20(30-13-29-19)34(15-9-10-15)26(36)33-25-22(27)17(37-3)11-18(38-4)23(25)28/h5-8,11-13,15H,1,9-10H2,2-4H3,(H,31,35)(H,33,36)(H,29,30,32). The summed E-state index contributed by atoms with van der Waals surface area (Å²) in [4.78, 5) is 35.6. The molecule has 3 aromatic rings. The van der Waals surface area contributed by atoms with Gasteiger partial charge >= 0.3 is 6.03 Å². The number of benzene rings is 2. The van der Waals surface area contributed by atoms with Gasteiger partial charge in [-0.3, -0.25) is 9.69 Å². The molecular formula is C26H26Cl2N6O4. The van der Waals surface area contributed by atoms with Crippen molar-refractivity contribution < 1.29 is 19.1 Å². The summed E-state index contributed by atoms with van der Waals surface area (Å²) in [5.74, 6) is 1.05. The van der Waals surface area contributed by atoms with Gasteiger partial charge in [-0.15, -0.1) is 0 Å². The number of carbonyl (C=O) groups is 2. The molecule has 198 valence electrons. The topological polar surface area (TPSA) is 118 Å². The molecule has 1 aromatic heterocycles. The average Bonchev–Trinajstić information content (AvgIpc) is 3.74. The number of para-hydroxylation sites is 1. The van der Waals surface area contributed by atoms with Crippen molar-refractivity contribution in [2.75, 3.05) is 35.1 Å². The first-order valence-corrected chi connectivity index (χ1v) is 12.3. The van der Waals surface area contributed by atoms with Crippen LogP contribution in [0.1, 0.15) is 18.4 Å². The van der Waals surface area contributed by atoms with E-state index in [1.54, 1.807) is 18.2 Å². The summed E-state index contributed by atoms with van der Waals surface area (Å²) in [7, 11) is 2.91. The monoisotopic (exact) mass is 556 g/mol. The Morgan fingerprint density at radius 2 is 1.74 bits per heavy atom. The van der Waals surface area contributed by atoms with Gasteiger partial charge in [0.05, 0.1) is 31.3 Å². The third kappa shape index (κ3) is 5.76. The maximum Gasteiger partial charge on any atom is 0.327 e. The molecule has 10 nitrogen and oxygen atoms in total. The number of carbonyl (C=O) groups excluding carboxylic acids is 2. The van der Waals surface area contributed by atoms with E-state index in [4.69, 9.17) is 32.7 Å². The molecular weight excluding hydrogens is 531 g/mol.